The quantitative estimate of drug-likeness (QED) is 0.510. The van der Waals surface area contributed by atoms with Crippen LogP contribution in [0.1, 0.15) is 37.7 Å². The van der Waals surface area contributed by atoms with E-state index in [-0.39, 0.29) is 12.2 Å². The van der Waals surface area contributed by atoms with E-state index in [4.69, 9.17) is 9.47 Å². The van der Waals surface area contributed by atoms with Gasteiger partial charge in [0.05, 0.1) is 29.7 Å². The Morgan fingerprint density at radius 2 is 1.70 bits per heavy atom. The second-order valence-corrected chi connectivity index (χ2v) is 9.43. The van der Waals surface area contributed by atoms with Crippen molar-refractivity contribution in [2.45, 2.75) is 44.6 Å². The molecule has 0 bridgehead atoms. The third-order valence-electron chi connectivity index (χ3n) is 6.72. The molecule has 1 fully saturated rings. The van der Waals surface area contributed by atoms with Gasteiger partial charge in [0.15, 0.2) is 5.78 Å². The summed E-state index contributed by atoms with van der Waals surface area (Å²) >= 11 is 3.38. The molecule has 2 aromatic rings. The molecule has 174 valence electrons. The Balaban J connectivity index is 1.64. The SMILES string of the molecule is COc1cc(C[C@H](NC2=C(Br)C(=O)C23CCCCC3)C(=O)O)cc(OC)c1-c1ccccc1. The van der Waals surface area contributed by atoms with Gasteiger partial charge in [-0.1, -0.05) is 49.6 Å². The fourth-order valence-electron chi connectivity index (χ4n) is 5.00. The van der Waals surface area contributed by atoms with Gasteiger partial charge in [-0.05, 0) is 52.0 Å². The van der Waals surface area contributed by atoms with Gasteiger partial charge >= 0.3 is 5.97 Å². The lowest BCUT2D eigenvalue weighted by Gasteiger charge is -2.46. The van der Waals surface area contributed by atoms with Crippen LogP contribution in [0.5, 0.6) is 11.5 Å². The molecule has 0 radical (unpaired) electrons. The number of aliphatic carboxylic acids is 1. The van der Waals surface area contributed by atoms with Crippen molar-refractivity contribution in [3.63, 3.8) is 0 Å². The van der Waals surface area contributed by atoms with Crippen LogP contribution in [0.3, 0.4) is 0 Å². The molecular weight excluding hydrogens is 486 g/mol. The summed E-state index contributed by atoms with van der Waals surface area (Å²) in [7, 11) is 3.18. The van der Waals surface area contributed by atoms with Gasteiger partial charge in [-0.25, -0.2) is 4.79 Å². The minimum atomic E-state index is -0.974. The van der Waals surface area contributed by atoms with Crippen LogP contribution >= 0.6 is 15.9 Å². The highest BCUT2D eigenvalue weighted by Gasteiger charge is 2.53. The molecule has 0 amide bonds. The highest BCUT2D eigenvalue weighted by Crippen LogP contribution is 2.53. The van der Waals surface area contributed by atoms with Gasteiger partial charge in [0.2, 0.25) is 0 Å². The van der Waals surface area contributed by atoms with E-state index in [9.17, 15) is 14.7 Å². The first kappa shape index (κ1) is 23.4. The number of hydrogen-bond donors (Lipinski definition) is 2. The zero-order chi connectivity index (χ0) is 23.6. The number of nitrogens with one attached hydrogen (secondary N) is 1. The van der Waals surface area contributed by atoms with E-state index in [0.717, 1.165) is 54.5 Å². The summed E-state index contributed by atoms with van der Waals surface area (Å²) in [6.07, 6.45) is 4.81. The molecule has 1 atom stereocenters. The molecule has 7 heteroatoms. The summed E-state index contributed by atoms with van der Waals surface area (Å²) in [4.78, 5) is 24.9. The smallest absolute Gasteiger partial charge is 0.326 e. The van der Waals surface area contributed by atoms with Crippen molar-refractivity contribution >= 4 is 27.7 Å². The maximum atomic E-state index is 12.7. The van der Waals surface area contributed by atoms with E-state index >= 15 is 0 Å². The molecule has 0 aromatic heterocycles. The van der Waals surface area contributed by atoms with Crippen molar-refractivity contribution in [3.8, 4) is 22.6 Å². The first-order valence-electron chi connectivity index (χ1n) is 11.2. The molecule has 1 saturated carbocycles. The normalized spacial score (nSPS) is 18.0. The van der Waals surface area contributed by atoms with E-state index in [1.165, 1.54) is 0 Å². The van der Waals surface area contributed by atoms with E-state index < -0.39 is 17.4 Å². The molecule has 2 aliphatic rings. The largest absolute Gasteiger partial charge is 0.496 e. The topological polar surface area (TPSA) is 84.9 Å². The number of methoxy groups -OCH3 is 2. The summed E-state index contributed by atoms with van der Waals surface area (Å²) in [5, 5.41) is 13.2. The van der Waals surface area contributed by atoms with E-state index in [1.807, 2.05) is 42.5 Å². The second kappa shape index (κ2) is 9.59. The van der Waals surface area contributed by atoms with E-state index in [1.54, 1.807) is 14.2 Å². The van der Waals surface area contributed by atoms with Crippen molar-refractivity contribution < 1.29 is 24.2 Å². The lowest BCUT2D eigenvalue weighted by molar-refractivity contribution is -0.140. The van der Waals surface area contributed by atoms with Crippen LogP contribution in [0.25, 0.3) is 11.1 Å². The number of carbonyl (C=O) groups is 2. The molecule has 2 aliphatic carbocycles. The molecule has 4 rings (SSSR count). The third-order valence-corrected chi connectivity index (χ3v) is 7.48. The summed E-state index contributed by atoms with van der Waals surface area (Å²) in [5.74, 6) is 0.341. The number of ketones is 1. The predicted octanol–water partition coefficient (Wildman–Crippen LogP) is 5.10. The van der Waals surface area contributed by atoms with Crippen molar-refractivity contribution in [3.05, 3.63) is 58.2 Å². The highest BCUT2D eigenvalue weighted by molar-refractivity contribution is 9.12. The van der Waals surface area contributed by atoms with Crippen molar-refractivity contribution in [1.29, 1.82) is 0 Å². The van der Waals surface area contributed by atoms with Gasteiger partial charge in [0, 0.05) is 12.1 Å². The van der Waals surface area contributed by atoms with Gasteiger partial charge in [0.25, 0.3) is 0 Å². The minimum absolute atomic E-state index is 0.0874. The standard InChI is InChI=1S/C26H28BrNO5/c1-32-19-14-16(15-20(33-2)21(19)17-9-5-3-6-10-17)13-18(25(30)31)28-23-22(27)24(29)26(23)11-7-4-8-12-26/h3,5-6,9-10,14-15,18,28H,4,7-8,11-13H2,1-2H3,(H,30,31)/t18-/m0/s1. The Morgan fingerprint density at radius 1 is 1.09 bits per heavy atom. The maximum Gasteiger partial charge on any atom is 0.326 e. The fraction of sp³-hybridized carbons (Fsp3) is 0.385. The number of carboxylic acid groups (broad SMARTS) is 1. The Kier molecular flexibility index (Phi) is 6.79. The van der Waals surface area contributed by atoms with E-state index in [2.05, 4.69) is 21.2 Å². The molecule has 6 nitrogen and oxygen atoms in total. The number of halogens is 1. The van der Waals surface area contributed by atoms with E-state index in [0.29, 0.717) is 16.0 Å². The fourth-order valence-corrected chi connectivity index (χ4v) is 5.88. The Hall–Kier alpha value is -2.80. The molecule has 0 aliphatic heterocycles. The predicted molar refractivity (Wildman–Crippen MR) is 130 cm³/mol. The zero-order valence-electron chi connectivity index (χ0n) is 18.8. The lowest BCUT2D eigenvalue weighted by atomic mass is 9.62. The molecule has 1 spiro atoms. The van der Waals surface area contributed by atoms with Crippen LogP contribution in [0.15, 0.2) is 52.6 Å². The van der Waals surface area contributed by atoms with Gasteiger partial charge in [-0.15, -0.1) is 0 Å². The van der Waals surface area contributed by atoms with Crippen LogP contribution in [0.4, 0.5) is 0 Å². The molecule has 33 heavy (non-hydrogen) atoms. The lowest BCUT2D eigenvalue weighted by Crippen LogP contribution is -2.53. The van der Waals surface area contributed by atoms with Crippen LogP contribution in [0.2, 0.25) is 0 Å². The van der Waals surface area contributed by atoms with Crippen molar-refractivity contribution in [2.75, 3.05) is 14.2 Å². The summed E-state index contributed by atoms with van der Waals surface area (Å²) in [6, 6.07) is 12.6. The minimum Gasteiger partial charge on any atom is -0.496 e. The molecular formula is C26H28BrNO5. The van der Waals surface area contributed by atoms with Gasteiger partial charge in [-0.2, -0.15) is 0 Å². The number of Topliss-reactive ketones (excluding diaryl/α,β-unsaturated/α-hetero) is 1. The highest BCUT2D eigenvalue weighted by atomic mass is 79.9. The number of ether oxygens (including phenoxy) is 2. The summed E-state index contributed by atoms with van der Waals surface area (Å²) in [5.41, 5.74) is 2.72. The average molecular weight is 514 g/mol. The number of carboxylic acids is 1. The Bertz CT molecular complexity index is 1060. The molecule has 0 unspecified atom stereocenters. The summed E-state index contributed by atoms with van der Waals surface area (Å²) < 4.78 is 11.8. The van der Waals surface area contributed by atoms with Gasteiger partial charge in [-0.3, -0.25) is 4.79 Å². The Morgan fingerprint density at radius 3 is 2.24 bits per heavy atom. The number of rotatable bonds is 8. The molecule has 2 N–H and O–H groups in total. The molecule has 2 aromatic carbocycles. The van der Waals surface area contributed by atoms with Crippen molar-refractivity contribution in [1.82, 2.24) is 5.32 Å². The van der Waals surface area contributed by atoms with Gasteiger partial charge < -0.3 is 19.9 Å². The molecule has 0 saturated heterocycles. The number of carbonyl (C=O) groups excluding carboxylic acids is 1. The number of hydrogen-bond acceptors (Lipinski definition) is 5. The van der Waals surface area contributed by atoms with Crippen LogP contribution in [-0.4, -0.2) is 37.1 Å². The maximum absolute atomic E-state index is 12.7. The number of benzene rings is 2. The van der Waals surface area contributed by atoms with Crippen LogP contribution < -0.4 is 14.8 Å². The molecule has 0 heterocycles. The first-order valence-corrected chi connectivity index (χ1v) is 12.0. The summed E-state index contributed by atoms with van der Waals surface area (Å²) in [6.45, 7) is 0. The third kappa shape index (κ3) is 4.26. The second-order valence-electron chi connectivity index (χ2n) is 8.64. The van der Waals surface area contributed by atoms with Crippen molar-refractivity contribution in [2.24, 2.45) is 5.41 Å². The van der Waals surface area contributed by atoms with Crippen LogP contribution in [0, 0.1) is 5.41 Å². The zero-order valence-corrected chi connectivity index (χ0v) is 20.4. The first-order chi connectivity index (χ1) is 15.9. The average Bonchev–Trinajstić information content (AvgIpc) is 2.86. The Labute approximate surface area is 202 Å². The van der Waals surface area contributed by atoms with Gasteiger partial charge in [0.1, 0.15) is 17.5 Å². The monoisotopic (exact) mass is 513 g/mol. The number of allylic oxidation sites excluding steroid dienone is 2. The van der Waals surface area contributed by atoms with Crippen LogP contribution in [-0.2, 0) is 16.0 Å².